The number of anilines is 1. The van der Waals surface area contributed by atoms with Crippen LogP contribution in [0.4, 0.5) is 10.1 Å². The number of carbonyl (C=O) groups is 2. The fraction of sp³-hybridized carbons (Fsp3) is 0.568. The minimum absolute atomic E-state index is 0.0559. The van der Waals surface area contributed by atoms with Gasteiger partial charge in [-0.3, -0.25) is 14.4 Å². The second-order valence-electron chi connectivity index (χ2n) is 14.3. The number of nitrogens with zero attached hydrogens (tertiary/aromatic N) is 5. The van der Waals surface area contributed by atoms with Crippen molar-refractivity contribution in [3.05, 3.63) is 56.6 Å². The van der Waals surface area contributed by atoms with Gasteiger partial charge in [-0.2, -0.15) is 0 Å². The Morgan fingerprint density at radius 1 is 1.00 bits per heavy atom. The van der Waals surface area contributed by atoms with E-state index in [1.807, 2.05) is 19.1 Å². The molecular weight excluding hydrogens is 597 g/mol. The fourth-order valence-electron chi connectivity index (χ4n) is 8.57. The molecule has 2 aliphatic carbocycles. The zero-order valence-electron chi connectivity index (χ0n) is 27.6. The number of fused-ring (bicyclic) bond motifs is 5. The molecule has 1 atom stereocenters. The molecule has 0 amide bonds. The monoisotopic (exact) mass is 641 g/mol. The number of aromatic nitrogens is 2. The molecule has 2 aromatic heterocycles. The second-order valence-corrected chi connectivity index (χ2v) is 14.3. The molecule has 0 spiro atoms. The lowest BCUT2D eigenvalue weighted by Crippen LogP contribution is -2.45. The number of piperidine rings is 1. The first kappa shape index (κ1) is 30.7. The van der Waals surface area contributed by atoms with Gasteiger partial charge in [0.2, 0.25) is 0 Å². The smallest absolute Gasteiger partial charge is 0.308 e. The van der Waals surface area contributed by atoms with E-state index < -0.39 is 11.6 Å². The molecule has 3 aromatic rings. The maximum Gasteiger partial charge on any atom is 0.308 e. The van der Waals surface area contributed by atoms with Crippen LogP contribution in [0.2, 0.25) is 0 Å². The number of ether oxygens (including phenoxy) is 1. The van der Waals surface area contributed by atoms with Gasteiger partial charge in [-0.1, -0.05) is 13.3 Å². The van der Waals surface area contributed by atoms with Gasteiger partial charge in [0, 0.05) is 74.3 Å². The maximum absolute atomic E-state index is 15.7. The number of rotatable bonds is 7. The Kier molecular flexibility index (Phi) is 7.71. The second kappa shape index (κ2) is 11.8. The molecular formula is C37H44FN5O4. The first-order valence-electron chi connectivity index (χ1n) is 17.6. The Morgan fingerprint density at radius 2 is 1.77 bits per heavy atom. The predicted octanol–water partition coefficient (Wildman–Crippen LogP) is 4.73. The molecule has 47 heavy (non-hydrogen) atoms. The van der Waals surface area contributed by atoms with E-state index in [4.69, 9.17) is 9.72 Å². The number of hydrogen-bond donors (Lipinski definition) is 0. The number of hydrogen-bond acceptors (Lipinski definition) is 8. The van der Waals surface area contributed by atoms with Crippen molar-refractivity contribution in [2.24, 2.45) is 0 Å². The van der Waals surface area contributed by atoms with Gasteiger partial charge in [-0.05, 0) is 75.3 Å². The third-order valence-corrected chi connectivity index (χ3v) is 11.6. The molecule has 5 heterocycles. The van der Waals surface area contributed by atoms with Crippen LogP contribution in [0.5, 0.6) is 0 Å². The number of ketones is 1. The minimum Gasteiger partial charge on any atom is -0.446 e. The summed E-state index contributed by atoms with van der Waals surface area (Å²) in [6.45, 7) is 8.12. The third-order valence-electron chi connectivity index (χ3n) is 11.6. The molecule has 0 N–H and O–H groups in total. The van der Waals surface area contributed by atoms with Crippen LogP contribution >= 0.6 is 0 Å². The Balaban J connectivity index is 1.19. The molecule has 2 saturated heterocycles. The molecule has 10 heteroatoms. The van der Waals surface area contributed by atoms with Crippen molar-refractivity contribution in [2.75, 3.05) is 57.8 Å². The summed E-state index contributed by atoms with van der Waals surface area (Å²) in [5, 5.41) is 0.840. The Labute approximate surface area is 274 Å². The van der Waals surface area contributed by atoms with Crippen LogP contribution in [-0.4, -0.2) is 84.0 Å². The van der Waals surface area contributed by atoms with E-state index in [0.717, 1.165) is 106 Å². The van der Waals surface area contributed by atoms with Crippen molar-refractivity contribution in [3.63, 3.8) is 0 Å². The van der Waals surface area contributed by atoms with Crippen LogP contribution in [0.15, 0.2) is 23.0 Å². The minimum atomic E-state index is -1.48. The zero-order valence-corrected chi connectivity index (χ0v) is 27.6. The van der Waals surface area contributed by atoms with Crippen molar-refractivity contribution in [2.45, 2.75) is 82.8 Å². The normalized spacial score (nSPS) is 23.1. The van der Waals surface area contributed by atoms with Crippen LogP contribution in [0.1, 0.15) is 86.5 Å². The molecule has 0 radical (unpaired) electrons. The summed E-state index contributed by atoms with van der Waals surface area (Å²) in [6, 6.07) is 5.46. The molecule has 9 nitrogen and oxygen atoms in total. The van der Waals surface area contributed by atoms with Gasteiger partial charge in [-0.25, -0.2) is 9.37 Å². The van der Waals surface area contributed by atoms with Crippen molar-refractivity contribution in [1.29, 1.82) is 0 Å². The number of pyridine rings is 2. The molecule has 1 aromatic carbocycles. The SMILES string of the molecule is CCC1(OC(=O)CCN2CCN(C)CC2)C(=O)Cc2c1cc1n(c2=O)Cc2c-1nc1cc(N3CCCCC3)c(F)cc1c2C1CCC1. The fourth-order valence-corrected chi connectivity index (χ4v) is 8.57. The van der Waals surface area contributed by atoms with Crippen LogP contribution in [0.25, 0.3) is 22.3 Å². The van der Waals surface area contributed by atoms with E-state index in [9.17, 15) is 14.4 Å². The topological polar surface area (TPSA) is 88.0 Å². The lowest BCUT2D eigenvalue weighted by atomic mass is 9.76. The van der Waals surface area contributed by atoms with Crippen LogP contribution in [0.3, 0.4) is 0 Å². The third kappa shape index (κ3) is 5.01. The first-order valence-corrected chi connectivity index (χ1v) is 17.6. The van der Waals surface area contributed by atoms with Gasteiger partial charge < -0.3 is 24.0 Å². The summed E-state index contributed by atoms with van der Waals surface area (Å²) in [5.41, 5.74) is 3.99. The van der Waals surface area contributed by atoms with Crippen molar-refractivity contribution in [3.8, 4) is 11.4 Å². The number of likely N-dealkylation sites (N-methyl/N-ethyl adjacent to an activating group) is 1. The highest BCUT2D eigenvalue weighted by Crippen LogP contribution is 2.48. The van der Waals surface area contributed by atoms with E-state index in [1.165, 1.54) is 0 Å². The summed E-state index contributed by atoms with van der Waals surface area (Å²) in [6.07, 6.45) is 6.82. The number of piperazine rings is 1. The standard InChI is InChI=1S/C37H44FN5O4/c1-3-37(47-33(45)10-13-41-16-14-40(2)15-17-41)27-20-31-35-26(22-43(31)36(46)24(27)19-32(37)44)34(23-8-7-9-23)25-18-28(38)30(21-29(25)39-35)42-11-5-4-6-12-42/h18,20-21,23H,3-17,19,22H2,1-2H3. The van der Waals surface area contributed by atoms with Crippen molar-refractivity contribution < 1.29 is 18.7 Å². The van der Waals surface area contributed by atoms with Gasteiger partial charge in [0.15, 0.2) is 11.4 Å². The Morgan fingerprint density at radius 3 is 2.47 bits per heavy atom. The number of halogens is 1. The Hall–Kier alpha value is -3.63. The van der Waals surface area contributed by atoms with Crippen LogP contribution in [-0.2, 0) is 32.9 Å². The largest absolute Gasteiger partial charge is 0.446 e. The molecule has 248 valence electrons. The summed E-state index contributed by atoms with van der Waals surface area (Å²) in [5.74, 6) is -0.581. The van der Waals surface area contributed by atoms with Crippen LogP contribution in [0, 0.1) is 5.82 Å². The molecule has 0 bridgehead atoms. The molecule has 3 fully saturated rings. The van der Waals surface area contributed by atoms with Gasteiger partial charge in [0.1, 0.15) is 5.82 Å². The Bertz CT molecular complexity index is 1840. The van der Waals surface area contributed by atoms with Crippen molar-refractivity contribution >= 4 is 28.3 Å². The number of benzene rings is 1. The highest BCUT2D eigenvalue weighted by atomic mass is 19.1. The molecule has 1 unspecified atom stereocenters. The predicted molar refractivity (Wildman–Crippen MR) is 178 cm³/mol. The van der Waals surface area contributed by atoms with E-state index in [1.54, 1.807) is 10.6 Å². The summed E-state index contributed by atoms with van der Waals surface area (Å²) < 4.78 is 23.6. The lowest BCUT2D eigenvalue weighted by Gasteiger charge is -2.32. The lowest BCUT2D eigenvalue weighted by molar-refractivity contribution is -0.168. The molecule has 8 rings (SSSR count). The molecule has 5 aliphatic rings. The number of Topliss-reactive ketones (excluding diaryl/α,β-unsaturated/α-hetero) is 1. The van der Waals surface area contributed by atoms with E-state index in [0.29, 0.717) is 41.5 Å². The quantitative estimate of drug-likeness (QED) is 0.268. The number of esters is 1. The van der Waals surface area contributed by atoms with E-state index >= 15 is 4.39 Å². The summed E-state index contributed by atoms with van der Waals surface area (Å²) in [7, 11) is 2.09. The van der Waals surface area contributed by atoms with Gasteiger partial charge in [0.05, 0.1) is 35.6 Å². The molecule has 3 aliphatic heterocycles. The average Bonchev–Trinajstić information content (AvgIpc) is 3.55. The van der Waals surface area contributed by atoms with Gasteiger partial charge in [-0.15, -0.1) is 0 Å². The van der Waals surface area contributed by atoms with Gasteiger partial charge in [0.25, 0.3) is 5.56 Å². The summed E-state index contributed by atoms with van der Waals surface area (Å²) in [4.78, 5) is 52.9. The zero-order chi connectivity index (χ0) is 32.4. The highest BCUT2D eigenvalue weighted by molar-refractivity contribution is 5.98. The first-order chi connectivity index (χ1) is 22.8. The average molecular weight is 642 g/mol. The van der Waals surface area contributed by atoms with Crippen LogP contribution < -0.4 is 10.5 Å². The van der Waals surface area contributed by atoms with Crippen molar-refractivity contribution in [1.82, 2.24) is 19.4 Å². The molecule has 1 saturated carbocycles. The number of carbonyl (C=O) groups excluding carboxylic acids is 2. The van der Waals surface area contributed by atoms with Gasteiger partial charge >= 0.3 is 5.97 Å². The maximum atomic E-state index is 15.7. The summed E-state index contributed by atoms with van der Waals surface area (Å²) >= 11 is 0. The van der Waals surface area contributed by atoms with E-state index in [2.05, 4.69) is 21.7 Å². The highest BCUT2D eigenvalue weighted by Gasteiger charge is 2.51. The van der Waals surface area contributed by atoms with E-state index in [-0.39, 0.29) is 36.4 Å².